The van der Waals surface area contributed by atoms with E-state index in [9.17, 15) is 0 Å². The molecule has 1 aliphatic carbocycles. The molecule has 0 amide bonds. The van der Waals surface area contributed by atoms with Crippen LogP contribution in [-0.2, 0) is 0 Å². The minimum atomic E-state index is 0.377. The summed E-state index contributed by atoms with van der Waals surface area (Å²) in [4.78, 5) is 8.00. The third-order valence-electron chi connectivity index (χ3n) is 2.13. The van der Waals surface area contributed by atoms with Crippen LogP contribution in [0.3, 0.4) is 0 Å². The molecule has 0 N–H and O–H groups in total. The lowest BCUT2D eigenvalue weighted by molar-refractivity contribution is 0.200. The third-order valence-corrected chi connectivity index (χ3v) is 2.13. The second-order valence-electron chi connectivity index (χ2n) is 3.07. The highest BCUT2D eigenvalue weighted by atomic mass is 16.5. The van der Waals surface area contributed by atoms with Crippen LogP contribution in [0.4, 0.5) is 0 Å². The van der Waals surface area contributed by atoms with E-state index in [1.165, 1.54) is 12.8 Å². The van der Waals surface area contributed by atoms with E-state index in [4.69, 9.17) is 4.74 Å². The maximum Gasteiger partial charge on any atom is 0.232 e. The summed E-state index contributed by atoms with van der Waals surface area (Å²) in [5.74, 6) is 0.657. The van der Waals surface area contributed by atoms with E-state index in [1.807, 2.05) is 0 Å². The molecular weight excluding hydrogens is 152 g/mol. The Morgan fingerprint density at radius 2 is 2.08 bits per heavy atom. The average molecular weight is 164 g/mol. The number of hydrogen-bond acceptors (Lipinski definition) is 3. The van der Waals surface area contributed by atoms with Gasteiger partial charge in [-0.1, -0.05) is 0 Å². The first-order chi connectivity index (χ1) is 5.95. The summed E-state index contributed by atoms with van der Waals surface area (Å²) in [7, 11) is 0. The molecule has 0 saturated heterocycles. The summed E-state index contributed by atoms with van der Waals surface area (Å²) in [5, 5.41) is 0. The second kappa shape index (κ2) is 3.52. The molecule has 1 aromatic heterocycles. The third kappa shape index (κ3) is 1.72. The molecule has 0 unspecified atom stereocenters. The molecule has 64 valence electrons. The van der Waals surface area contributed by atoms with E-state index >= 15 is 0 Å². The van der Waals surface area contributed by atoms with Gasteiger partial charge in [0.1, 0.15) is 6.10 Å². The fraction of sp³-hybridized carbons (Fsp3) is 0.556. The van der Waals surface area contributed by atoms with Crippen molar-refractivity contribution in [2.45, 2.75) is 31.8 Å². The Kier molecular flexibility index (Phi) is 2.21. The highest BCUT2D eigenvalue weighted by Gasteiger charge is 2.16. The maximum absolute atomic E-state index is 5.60. The van der Waals surface area contributed by atoms with Crippen LogP contribution < -0.4 is 4.74 Å². The molecule has 12 heavy (non-hydrogen) atoms. The molecule has 3 heteroatoms. The Morgan fingerprint density at radius 1 is 1.25 bits per heavy atom. The molecule has 0 aromatic carbocycles. The van der Waals surface area contributed by atoms with Crippen LogP contribution in [0, 0.1) is 0 Å². The molecule has 0 spiro atoms. The highest BCUT2D eigenvalue weighted by molar-refractivity contribution is 5.02. The first-order valence-electron chi connectivity index (χ1n) is 4.38. The Morgan fingerprint density at radius 3 is 2.75 bits per heavy atom. The van der Waals surface area contributed by atoms with Gasteiger partial charge in [0, 0.05) is 12.4 Å². The molecule has 1 saturated carbocycles. The van der Waals surface area contributed by atoms with Crippen LogP contribution in [0.2, 0.25) is 0 Å². The molecule has 2 rings (SSSR count). The predicted octanol–water partition coefficient (Wildman–Crippen LogP) is 1.80. The normalized spacial score (nSPS) is 18.0. The van der Waals surface area contributed by atoms with E-state index in [0.29, 0.717) is 12.0 Å². The van der Waals surface area contributed by atoms with Crippen LogP contribution in [0.15, 0.2) is 18.6 Å². The van der Waals surface area contributed by atoms with Gasteiger partial charge in [-0.3, -0.25) is 4.98 Å². The number of ether oxygens (including phenoxy) is 1. The zero-order valence-corrected chi connectivity index (χ0v) is 6.94. The van der Waals surface area contributed by atoms with Crippen molar-refractivity contribution in [3.05, 3.63) is 18.6 Å². The summed E-state index contributed by atoms with van der Waals surface area (Å²) >= 11 is 0. The van der Waals surface area contributed by atoms with Crippen molar-refractivity contribution >= 4 is 0 Å². The molecule has 0 radical (unpaired) electrons. The Bertz CT molecular complexity index is 232. The summed E-state index contributed by atoms with van der Waals surface area (Å²) in [5.41, 5.74) is 0. The summed E-state index contributed by atoms with van der Waals surface area (Å²) in [6, 6.07) is 0. The Labute approximate surface area is 71.8 Å². The van der Waals surface area contributed by atoms with Gasteiger partial charge >= 0.3 is 0 Å². The molecule has 1 fully saturated rings. The van der Waals surface area contributed by atoms with Crippen LogP contribution in [0.5, 0.6) is 5.88 Å². The summed E-state index contributed by atoms with van der Waals surface area (Å²) in [6.07, 6.45) is 10.2. The molecule has 0 atom stereocenters. The van der Waals surface area contributed by atoms with Gasteiger partial charge in [-0.25, -0.2) is 4.98 Å². The van der Waals surface area contributed by atoms with Gasteiger partial charge in [0.2, 0.25) is 5.88 Å². The van der Waals surface area contributed by atoms with Gasteiger partial charge in [-0.05, 0) is 25.7 Å². The lowest BCUT2D eigenvalue weighted by atomic mass is 10.3. The zero-order valence-electron chi connectivity index (χ0n) is 6.94. The van der Waals surface area contributed by atoms with Crippen LogP contribution >= 0.6 is 0 Å². The molecule has 0 aliphatic heterocycles. The Balaban J connectivity index is 1.94. The van der Waals surface area contributed by atoms with Crippen molar-refractivity contribution in [1.29, 1.82) is 0 Å². The minimum Gasteiger partial charge on any atom is -0.473 e. The van der Waals surface area contributed by atoms with E-state index in [1.54, 1.807) is 18.6 Å². The number of rotatable bonds is 2. The van der Waals surface area contributed by atoms with E-state index in [-0.39, 0.29) is 0 Å². The molecule has 1 aliphatic rings. The van der Waals surface area contributed by atoms with Crippen LogP contribution in [-0.4, -0.2) is 16.1 Å². The monoisotopic (exact) mass is 164 g/mol. The number of hydrogen-bond donors (Lipinski definition) is 0. The molecular formula is C9H12N2O. The summed E-state index contributed by atoms with van der Waals surface area (Å²) in [6.45, 7) is 0. The first kappa shape index (κ1) is 7.53. The van der Waals surface area contributed by atoms with Crippen molar-refractivity contribution in [1.82, 2.24) is 9.97 Å². The van der Waals surface area contributed by atoms with Gasteiger partial charge < -0.3 is 4.74 Å². The van der Waals surface area contributed by atoms with E-state index in [0.717, 1.165) is 12.8 Å². The molecule has 1 heterocycles. The Hall–Kier alpha value is -1.12. The quantitative estimate of drug-likeness (QED) is 0.668. The first-order valence-corrected chi connectivity index (χ1v) is 4.38. The smallest absolute Gasteiger partial charge is 0.232 e. The van der Waals surface area contributed by atoms with Crippen LogP contribution in [0.25, 0.3) is 0 Å². The van der Waals surface area contributed by atoms with Gasteiger partial charge in [0.25, 0.3) is 0 Å². The highest BCUT2D eigenvalue weighted by Crippen LogP contribution is 2.21. The lowest BCUT2D eigenvalue weighted by Gasteiger charge is -2.10. The molecule has 1 aromatic rings. The van der Waals surface area contributed by atoms with E-state index in [2.05, 4.69) is 9.97 Å². The number of nitrogens with zero attached hydrogens (tertiary/aromatic N) is 2. The number of aromatic nitrogens is 2. The minimum absolute atomic E-state index is 0.377. The fourth-order valence-corrected chi connectivity index (χ4v) is 1.52. The van der Waals surface area contributed by atoms with Crippen molar-refractivity contribution < 1.29 is 4.74 Å². The SMILES string of the molecule is c1cnc(OC2CCCC2)cn1. The van der Waals surface area contributed by atoms with Crippen molar-refractivity contribution in [2.75, 3.05) is 0 Å². The topological polar surface area (TPSA) is 35.0 Å². The van der Waals surface area contributed by atoms with Crippen molar-refractivity contribution in [2.24, 2.45) is 0 Å². The molecule has 0 bridgehead atoms. The summed E-state index contributed by atoms with van der Waals surface area (Å²) < 4.78 is 5.60. The second-order valence-corrected chi connectivity index (χ2v) is 3.07. The van der Waals surface area contributed by atoms with E-state index < -0.39 is 0 Å². The molecule has 3 nitrogen and oxygen atoms in total. The largest absolute Gasteiger partial charge is 0.473 e. The average Bonchev–Trinajstić information content (AvgIpc) is 2.59. The predicted molar refractivity (Wildman–Crippen MR) is 44.9 cm³/mol. The fourth-order valence-electron chi connectivity index (χ4n) is 1.52. The van der Waals surface area contributed by atoms with Crippen LogP contribution in [0.1, 0.15) is 25.7 Å². The standard InChI is InChI=1S/C9H12N2O/c1-2-4-8(3-1)12-9-7-10-5-6-11-9/h5-8H,1-4H2. The van der Waals surface area contributed by atoms with Crippen molar-refractivity contribution in [3.63, 3.8) is 0 Å². The van der Waals surface area contributed by atoms with Gasteiger partial charge in [0.05, 0.1) is 6.20 Å². The van der Waals surface area contributed by atoms with Gasteiger partial charge in [-0.2, -0.15) is 0 Å². The van der Waals surface area contributed by atoms with Gasteiger partial charge in [0.15, 0.2) is 0 Å². The lowest BCUT2D eigenvalue weighted by Crippen LogP contribution is -2.11. The zero-order chi connectivity index (χ0) is 8.23. The van der Waals surface area contributed by atoms with Crippen molar-refractivity contribution in [3.8, 4) is 5.88 Å². The van der Waals surface area contributed by atoms with Gasteiger partial charge in [-0.15, -0.1) is 0 Å². The maximum atomic E-state index is 5.60.